The minimum absolute atomic E-state index is 0.263. The van der Waals surface area contributed by atoms with Crippen LogP contribution in [0.4, 0.5) is 10.5 Å². The number of ether oxygens (including phenoxy) is 1. The molecule has 0 aromatic heterocycles. The van der Waals surface area contributed by atoms with Crippen molar-refractivity contribution in [3.63, 3.8) is 0 Å². The van der Waals surface area contributed by atoms with Crippen LogP contribution in [0.2, 0.25) is 5.02 Å². The second-order valence-corrected chi connectivity index (χ2v) is 6.25. The Morgan fingerprint density at radius 1 is 0.913 bits per heavy atom. The molecular formula is C19H22ClNO2. The molecule has 0 radical (unpaired) electrons. The molecular weight excluding hydrogens is 310 g/mol. The van der Waals surface area contributed by atoms with Crippen LogP contribution in [0.15, 0.2) is 24.3 Å². The normalized spacial score (nSPS) is 10.5. The van der Waals surface area contributed by atoms with Crippen molar-refractivity contribution in [2.75, 3.05) is 5.32 Å². The Morgan fingerprint density at radius 2 is 1.39 bits per heavy atom. The van der Waals surface area contributed by atoms with Gasteiger partial charge in [-0.3, -0.25) is 5.32 Å². The molecule has 122 valence electrons. The van der Waals surface area contributed by atoms with Gasteiger partial charge in [0.2, 0.25) is 0 Å². The van der Waals surface area contributed by atoms with Gasteiger partial charge in [0.25, 0.3) is 0 Å². The first-order valence-electron chi connectivity index (χ1n) is 7.56. The molecule has 2 aromatic carbocycles. The minimum atomic E-state index is -0.470. The van der Waals surface area contributed by atoms with Crippen LogP contribution < -0.4 is 5.32 Å². The summed E-state index contributed by atoms with van der Waals surface area (Å²) in [6.45, 7) is 10.7. The summed E-state index contributed by atoms with van der Waals surface area (Å²) >= 11 is 5.82. The van der Waals surface area contributed by atoms with Gasteiger partial charge in [-0.25, -0.2) is 4.79 Å². The van der Waals surface area contributed by atoms with Gasteiger partial charge >= 0.3 is 6.09 Å². The number of nitrogens with one attached hydrogen (secondary N) is 1. The topological polar surface area (TPSA) is 38.3 Å². The standard InChI is InChI=1S/C19H22ClNO2/c1-11-12(2)14(4)18(15(5)13(11)3)10-23-19(22)21-17-8-6-16(20)7-9-17/h6-9H,10H2,1-5H3,(H,21,22). The second kappa shape index (κ2) is 7.05. The molecule has 23 heavy (non-hydrogen) atoms. The van der Waals surface area contributed by atoms with Gasteiger partial charge in [-0.05, 0) is 92.3 Å². The van der Waals surface area contributed by atoms with Crippen molar-refractivity contribution in [1.29, 1.82) is 0 Å². The molecule has 0 fully saturated rings. The average Bonchev–Trinajstić information content (AvgIpc) is 2.53. The average molecular weight is 332 g/mol. The lowest BCUT2D eigenvalue weighted by Crippen LogP contribution is -2.15. The highest BCUT2D eigenvalue weighted by atomic mass is 35.5. The number of amides is 1. The van der Waals surface area contributed by atoms with E-state index in [-0.39, 0.29) is 6.61 Å². The molecule has 4 heteroatoms. The van der Waals surface area contributed by atoms with Crippen molar-refractivity contribution in [2.45, 2.75) is 41.2 Å². The molecule has 0 saturated heterocycles. The van der Waals surface area contributed by atoms with Crippen molar-refractivity contribution in [1.82, 2.24) is 0 Å². The van der Waals surface area contributed by atoms with Crippen molar-refractivity contribution in [3.05, 3.63) is 62.7 Å². The van der Waals surface area contributed by atoms with E-state index in [1.807, 2.05) is 0 Å². The molecule has 0 atom stereocenters. The fourth-order valence-electron chi connectivity index (χ4n) is 2.62. The zero-order valence-electron chi connectivity index (χ0n) is 14.2. The largest absolute Gasteiger partial charge is 0.444 e. The highest BCUT2D eigenvalue weighted by molar-refractivity contribution is 6.30. The van der Waals surface area contributed by atoms with Crippen molar-refractivity contribution >= 4 is 23.4 Å². The fraction of sp³-hybridized carbons (Fsp3) is 0.316. The van der Waals surface area contributed by atoms with Gasteiger partial charge in [0.15, 0.2) is 0 Å². The third kappa shape index (κ3) is 3.85. The zero-order chi connectivity index (χ0) is 17.1. The summed E-state index contributed by atoms with van der Waals surface area (Å²) in [5, 5.41) is 3.32. The van der Waals surface area contributed by atoms with E-state index in [4.69, 9.17) is 16.3 Å². The summed E-state index contributed by atoms with van der Waals surface area (Å²) < 4.78 is 5.39. The predicted octanol–water partition coefficient (Wildman–Crippen LogP) is 5.63. The molecule has 2 aromatic rings. The summed E-state index contributed by atoms with van der Waals surface area (Å²) in [4.78, 5) is 12.0. The van der Waals surface area contributed by atoms with E-state index in [0.717, 1.165) is 5.56 Å². The lowest BCUT2D eigenvalue weighted by molar-refractivity contribution is 0.154. The van der Waals surface area contributed by atoms with E-state index in [1.165, 1.54) is 27.8 Å². The quantitative estimate of drug-likeness (QED) is 0.791. The fourth-order valence-corrected chi connectivity index (χ4v) is 2.75. The smallest absolute Gasteiger partial charge is 0.411 e. The van der Waals surface area contributed by atoms with E-state index in [1.54, 1.807) is 24.3 Å². The molecule has 0 aliphatic rings. The first-order valence-corrected chi connectivity index (χ1v) is 7.94. The number of carbonyl (C=O) groups excluding carboxylic acids is 1. The van der Waals surface area contributed by atoms with Crippen LogP contribution in [0.5, 0.6) is 0 Å². The molecule has 0 bridgehead atoms. The van der Waals surface area contributed by atoms with Gasteiger partial charge in [0.05, 0.1) is 0 Å². The lowest BCUT2D eigenvalue weighted by atomic mass is 9.90. The van der Waals surface area contributed by atoms with Crippen LogP contribution in [0, 0.1) is 34.6 Å². The van der Waals surface area contributed by atoms with Gasteiger partial charge in [0, 0.05) is 10.7 Å². The number of carbonyl (C=O) groups is 1. The van der Waals surface area contributed by atoms with Gasteiger partial charge in [-0.2, -0.15) is 0 Å². The third-order valence-corrected chi connectivity index (χ3v) is 4.85. The SMILES string of the molecule is Cc1c(C)c(C)c(COC(=O)Nc2ccc(Cl)cc2)c(C)c1C. The number of anilines is 1. The molecule has 0 aliphatic carbocycles. The molecule has 0 heterocycles. The third-order valence-electron chi connectivity index (χ3n) is 4.59. The van der Waals surface area contributed by atoms with Gasteiger partial charge < -0.3 is 4.74 Å². The second-order valence-electron chi connectivity index (χ2n) is 5.81. The Hall–Kier alpha value is -2.00. The Balaban J connectivity index is 2.09. The lowest BCUT2D eigenvalue weighted by Gasteiger charge is -2.18. The zero-order valence-corrected chi connectivity index (χ0v) is 15.0. The monoisotopic (exact) mass is 331 g/mol. The van der Waals surface area contributed by atoms with E-state index in [9.17, 15) is 4.79 Å². The van der Waals surface area contributed by atoms with Crippen LogP contribution in [-0.2, 0) is 11.3 Å². The van der Waals surface area contributed by atoms with Gasteiger partial charge in [-0.1, -0.05) is 11.6 Å². The first-order chi connectivity index (χ1) is 10.8. The highest BCUT2D eigenvalue weighted by Crippen LogP contribution is 2.26. The molecule has 2 rings (SSSR count). The molecule has 0 spiro atoms. The van der Waals surface area contributed by atoms with Gasteiger partial charge in [-0.15, -0.1) is 0 Å². The molecule has 3 nitrogen and oxygen atoms in total. The van der Waals surface area contributed by atoms with Crippen molar-refractivity contribution in [2.24, 2.45) is 0 Å². The Morgan fingerprint density at radius 3 is 1.91 bits per heavy atom. The van der Waals surface area contributed by atoms with Crippen LogP contribution in [0.25, 0.3) is 0 Å². The van der Waals surface area contributed by atoms with Crippen molar-refractivity contribution < 1.29 is 9.53 Å². The van der Waals surface area contributed by atoms with E-state index >= 15 is 0 Å². The summed E-state index contributed by atoms with van der Waals surface area (Å²) in [5.74, 6) is 0. The molecule has 1 N–H and O–H groups in total. The van der Waals surface area contributed by atoms with Crippen molar-refractivity contribution in [3.8, 4) is 0 Å². The van der Waals surface area contributed by atoms with Crippen LogP contribution in [0.3, 0.4) is 0 Å². The van der Waals surface area contributed by atoms with Crippen LogP contribution >= 0.6 is 11.6 Å². The maximum atomic E-state index is 12.0. The highest BCUT2D eigenvalue weighted by Gasteiger charge is 2.14. The Kier molecular flexibility index (Phi) is 5.32. The van der Waals surface area contributed by atoms with E-state index < -0.39 is 6.09 Å². The summed E-state index contributed by atoms with van der Waals surface area (Å²) in [6, 6.07) is 6.91. The number of hydrogen-bond acceptors (Lipinski definition) is 2. The van der Waals surface area contributed by atoms with Crippen LogP contribution in [0.1, 0.15) is 33.4 Å². The predicted molar refractivity (Wildman–Crippen MR) is 95.4 cm³/mol. The Labute approximate surface area is 142 Å². The Bertz CT molecular complexity index is 707. The number of hydrogen-bond donors (Lipinski definition) is 1. The molecule has 0 unspecified atom stereocenters. The van der Waals surface area contributed by atoms with Crippen LogP contribution in [-0.4, -0.2) is 6.09 Å². The molecule has 0 aliphatic heterocycles. The first kappa shape index (κ1) is 17.4. The van der Waals surface area contributed by atoms with Gasteiger partial charge in [0.1, 0.15) is 6.61 Å². The summed E-state index contributed by atoms with van der Waals surface area (Å²) in [7, 11) is 0. The maximum Gasteiger partial charge on any atom is 0.411 e. The summed E-state index contributed by atoms with van der Waals surface area (Å²) in [6.07, 6.45) is -0.470. The van der Waals surface area contributed by atoms with E-state index in [0.29, 0.717) is 10.7 Å². The summed E-state index contributed by atoms with van der Waals surface area (Å²) in [5.41, 5.74) is 7.92. The number of halogens is 1. The maximum absolute atomic E-state index is 12.0. The molecule has 1 amide bonds. The number of rotatable bonds is 3. The van der Waals surface area contributed by atoms with E-state index in [2.05, 4.69) is 39.9 Å². The number of benzene rings is 2. The molecule has 0 saturated carbocycles. The minimum Gasteiger partial charge on any atom is -0.444 e.